The number of rotatable bonds is 4. The molecule has 1 aromatic heterocycles. The van der Waals surface area contributed by atoms with Gasteiger partial charge in [-0.05, 0) is 53.0 Å². The van der Waals surface area contributed by atoms with Crippen LogP contribution in [0.1, 0.15) is 23.5 Å². The van der Waals surface area contributed by atoms with Gasteiger partial charge in [0.2, 0.25) is 0 Å². The first-order valence-corrected chi connectivity index (χ1v) is 10.9. The van der Waals surface area contributed by atoms with Gasteiger partial charge < -0.3 is 19.4 Å². The number of morpholine rings is 1. The second-order valence-electron chi connectivity index (χ2n) is 8.27. The number of aromatic nitrogens is 1. The molecule has 0 amide bonds. The van der Waals surface area contributed by atoms with E-state index in [4.69, 9.17) is 9.47 Å². The number of H-pyrrole nitrogens is 1. The number of fused-ring (bicyclic) bond motifs is 2. The van der Waals surface area contributed by atoms with Crippen LogP contribution >= 0.6 is 15.9 Å². The fraction of sp³-hybridized carbons (Fsp3) is 0.571. The normalized spacial score (nSPS) is 29.4. The molecule has 2 saturated heterocycles. The van der Waals surface area contributed by atoms with Crippen molar-refractivity contribution >= 4 is 33.3 Å². The lowest BCUT2D eigenvalue weighted by Gasteiger charge is -2.48. The number of carbonyl (C=O) groups excluding carboxylic acids is 1. The molecule has 0 radical (unpaired) electrons. The number of piperidine rings is 1. The van der Waals surface area contributed by atoms with Gasteiger partial charge in [0.05, 0.1) is 17.8 Å². The molecule has 0 bridgehead atoms. The summed E-state index contributed by atoms with van der Waals surface area (Å²) >= 11 is 3.73. The van der Waals surface area contributed by atoms with Crippen LogP contribution in [0.25, 0.3) is 10.9 Å². The van der Waals surface area contributed by atoms with E-state index in [2.05, 4.69) is 56.0 Å². The maximum atomic E-state index is 11.3. The van der Waals surface area contributed by atoms with Crippen molar-refractivity contribution in [3.8, 4) is 0 Å². The Hall–Kier alpha value is -1.41. The fourth-order valence-electron chi connectivity index (χ4n) is 5.62. The van der Waals surface area contributed by atoms with Crippen LogP contribution in [0, 0.1) is 5.92 Å². The van der Waals surface area contributed by atoms with Gasteiger partial charge in [0.25, 0.3) is 6.47 Å². The van der Waals surface area contributed by atoms with E-state index in [-0.39, 0.29) is 12.1 Å². The van der Waals surface area contributed by atoms with Crippen LogP contribution in [0.2, 0.25) is 0 Å². The molecule has 1 N–H and O–H groups in total. The largest absolute Gasteiger partial charge is 0.448 e. The van der Waals surface area contributed by atoms with Crippen LogP contribution in [0.4, 0.5) is 0 Å². The first kappa shape index (κ1) is 18.6. The Balaban J connectivity index is 1.49. The van der Waals surface area contributed by atoms with Gasteiger partial charge >= 0.3 is 0 Å². The molecule has 7 heteroatoms. The number of nitrogens with one attached hydrogen (secondary N) is 1. The van der Waals surface area contributed by atoms with Crippen LogP contribution in [-0.2, 0) is 20.7 Å². The van der Waals surface area contributed by atoms with Crippen molar-refractivity contribution in [3.05, 3.63) is 33.9 Å². The van der Waals surface area contributed by atoms with Crippen LogP contribution in [0.15, 0.2) is 22.8 Å². The van der Waals surface area contributed by atoms with E-state index in [1.54, 1.807) is 0 Å². The molecular formula is C21H26BrN3O3. The van der Waals surface area contributed by atoms with Crippen molar-refractivity contribution in [2.24, 2.45) is 5.92 Å². The molecule has 3 heterocycles. The Bertz CT molecular complexity index is 879. The molecule has 1 aromatic carbocycles. The Morgan fingerprint density at radius 1 is 1.36 bits per heavy atom. The minimum absolute atomic E-state index is 0.177. The third-order valence-corrected chi connectivity index (χ3v) is 7.51. The Morgan fingerprint density at radius 3 is 2.96 bits per heavy atom. The zero-order valence-electron chi connectivity index (χ0n) is 16.1. The highest BCUT2D eigenvalue weighted by Gasteiger charge is 2.44. The number of aromatic amines is 1. The van der Waals surface area contributed by atoms with Crippen LogP contribution < -0.4 is 0 Å². The first-order chi connectivity index (χ1) is 13.7. The quantitative estimate of drug-likeness (QED) is 0.730. The lowest BCUT2D eigenvalue weighted by molar-refractivity contribution is -0.160. The van der Waals surface area contributed by atoms with Crippen LogP contribution in [0.3, 0.4) is 0 Å². The van der Waals surface area contributed by atoms with E-state index >= 15 is 0 Å². The van der Waals surface area contributed by atoms with Crippen molar-refractivity contribution in [3.63, 3.8) is 0 Å². The Kier molecular flexibility index (Phi) is 4.95. The van der Waals surface area contributed by atoms with Gasteiger partial charge in [0, 0.05) is 48.4 Å². The minimum atomic E-state index is -0.177. The number of likely N-dealkylation sites (N-methyl/N-ethyl adjacent to an activating group) is 1. The number of hydrogen-bond donors (Lipinski definition) is 1. The molecule has 150 valence electrons. The molecule has 5 rings (SSSR count). The predicted molar refractivity (Wildman–Crippen MR) is 110 cm³/mol. The van der Waals surface area contributed by atoms with Crippen molar-refractivity contribution < 1.29 is 14.3 Å². The topological polar surface area (TPSA) is 57.8 Å². The summed E-state index contributed by atoms with van der Waals surface area (Å²) in [7, 11) is 2.22. The van der Waals surface area contributed by atoms with E-state index < -0.39 is 0 Å². The Labute approximate surface area is 173 Å². The summed E-state index contributed by atoms with van der Waals surface area (Å²) in [5, 5.41) is 1.38. The number of ether oxygens (including phenoxy) is 2. The second-order valence-corrected chi connectivity index (χ2v) is 9.06. The summed E-state index contributed by atoms with van der Waals surface area (Å²) in [5.41, 5.74) is 4.02. The van der Waals surface area contributed by atoms with E-state index in [0.717, 1.165) is 37.1 Å². The third-order valence-electron chi connectivity index (χ3n) is 6.83. The molecule has 28 heavy (non-hydrogen) atoms. The fourth-order valence-corrected chi connectivity index (χ4v) is 6.19. The number of halogens is 1. The molecular weight excluding hydrogens is 422 g/mol. The average molecular weight is 448 g/mol. The molecule has 2 unspecified atom stereocenters. The lowest BCUT2D eigenvalue weighted by atomic mass is 9.72. The minimum Gasteiger partial charge on any atom is -0.448 e. The van der Waals surface area contributed by atoms with E-state index in [1.165, 1.54) is 22.0 Å². The van der Waals surface area contributed by atoms with Crippen molar-refractivity contribution in [1.82, 2.24) is 14.8 Å². The zero-order chi connectivity index (χ0) is 19.3. The van der Waals surface area contributed by atoms with Gasteiger partial charge in [-0.1, -0.05) is 12.1 Å². The molecule has 4 atom stereocenters. The van der Waals surface area contributed by atoms with E-state index in [1.807, 2.05) is 0 Å². The van der Waals surface area contributed by atoms with Crippen molar-refractivity contribution in [1.29, 1.82) is 0 Å². The highest BCUT2D eigenvalue weighted by Crippen LogP contribution is 2.47. The van der Waals surface area contributed by atoms with Gasteiger partial charge in [-0.25, -0.2) is 0 Å². The lowest BCUT2D eigenvalue weighted by Crippen LogP contribution is -2.56. The van der Waals surface area contributed by atoms with Crippen LogP contribution in [0.5, 0.6) is 0 Å². The average Bonchev–Trinajstić information content (AvgIpc) is 3.04. The summed E-state index contributed by atoms with van der Waals surface area (Å²) < 4.78 is 12.3. The molecule has 0 spiro atoms. The highest BCUT2D eigenvalue weighted by molar-refractivity contribution is 9.10. The number of nitrogens with zero attached hydrogens (tertiary/aromatic N) is 2. The standard InChI is InChI=1S/C21H26BrN3O3/c1-24-11-13(21(28-12-26)25-5-7-27-8-6-25)9-15-14-3-2-4-17-19(14)16(10-18(15)24)20(22)23-17/h2-4,12-13,15,18,21,23H,5-11H2,1H3/t13?,15-,18-,21?/m1/s1. The number of likely N-dealkylation sites (tertiary alicyclic amines) is 1. The number of carbonyl (C=O) groups is 1. The van der Waals surface area contributed by atoms with Gasteiger partial charge in [0.15, 0.2) is 6.23 Å². The van der Waals surface area contributed by atoms with Gasteiger partial charge in [-0.15, -0.1) is 0 Å². The van der Waals surface area contributed by atoms with Gasteiger partial charge in [0.1, 0.15) is 0 Å². The Morgan fingerprint density at radius 2 is 2.18 bits per heavy atom. The summed E-state index contributed by atoms with van der Waals surface area (Å²) in [6, 6.07) is 7.06. The molecule has 6 nitrogen and oxygen atoms in total. The van der Waals surface area contributed by atoms with Gasteiger partial charge in [-0.3, -0.25) is 9.69 Å². The summed E-state index contributed by atoms with van der Waals surface area (Å²) in [6.07, 6.45) is 1.90. The summed E-state index contributed by atoms with van der Waals surface area (Å²) in [5.74, 6) is 0.732. The maximum Gasteiger partial charge on any atom is 0.294 e. The second kappa shape index (κ2) is 7.44. The molecule has 2 aromatic rings. The smallest absolute Gasteiger partial charge is 0.294 e. The summed E-state index contributed by atoms with van der Waals surface area (Å²) in [4.78, 5) is 19.5. The van der Waals surface area contributed by atoms with E-state index in [9.17, 15) is 4.79 Å². The molecule has 2 aliphatic heterocycles. The molecule has 3 aliphatic rings. The first-order valence-electron chi connectivity index (χ1n) is 10.1. The summed E-state index contributed by atoms with van der Waals surface area (Å²) in [6.45, 7) is 4.59. The number of benzene rings is 1. The van der Waals surface area contributed by atoms with Gasteiger partial charge in [-0.2, -0.15) is 0 Å². The third kappa shape index (κ3) is 3.00. The van der Waals surface area contributed by atoms with Crippen molar-refractivity contribution in [2.75, 3.05) is 39.9 Å². The maximum absolute atomic E-state index is 11.3. The SMILES string of the molecule is CN1CC(C(OC=O)N2CCOCC2)C[C@@H]2c3cccc4[nH]c(Br)c(c34)C[C@H]21. The van der Waals surface area contributed by atoms with E-state index in [0.29, 0.717) is 31.6 Å². The molecule has 0 saturated carbocycles. The van der Waals surface area contributed by atoms with Crippen molar-refractivity contribution in [2.45, 2.75) is 31.0 Å². The van der Waals surface area contributed by atoms with Crippen LogP contribution in [-0.4, -0.2) is 73.4 Å². The monoisotopic (exact) mass is 447 g/mol. The highest BCUT2D eigenvalue weighted by atomic mass is 79.9. The number of hydrogen-bond acceptors (Lipinski definition) is 5. The molecule has 2 fully saturated rings. The zero-order valence-corrected chi connectivity index (χ0v) is 17.7. The predicted octanol–water partition coefficient (Wildman–Crippen LogP) is 2.72. The molecule has 1 aliphatic carbocycles.